The summed E-state index contributed by atoms with van der Waals surface area (Å²) in [6.07, 6.45) is 2.49. The average Bonchev–Trinajstić information content (AvgIpc) is 3.65. The van der Waals surface area contributed by atoms with E-state index in [4.69, 9.17) is 26.1 Å². The van der Waals surface area contributed by atoms with Crippen molar-refractivity contribution in [2.45, 2.75) is 66.3 Å². The van der Waals surface area contributed by atoms with Crippen LogP contribution in [0.15, 0.2) is 72.4 Å². The molecule has 298 valence electrons. The number of fused-ring (bicyclic) bond motifs is 3. The molecule has 1 saturated carbocycles. The first-order chi connectivity index (χ1) is 27.2. The quantitative estimate of drug-likeness (QED) is 0.129. The average molecular weight is 793 g/mol. The third-order valence-corrected chi connectivity index (χ3v) is 11.8. The van der Waals surface area contributed by atoms with Gasteiger partial charge in [-0.25, -0.2) is 37.5 Å². The Morgan fingerprint density at radius 2 is 1.77 bits per heavy atom. The van der Waals surface area contributed by atoms with Gasteiger partial charge in [-0.3, -0.25) is 0 Å². The van der Waals surface area contributed by atoms with Crippen LogP contribution >= 0.6 is 0 Å². The van der Waals surface area contributed by atoms with Crippen molar-refractivity contribution in [2.75, 3.05) is 41.0 Å². The van der Waals surface area contributed by atoms with E-state index in [1.165, 1.54) is 9.58 Å². The number of hydrogen-bond donors (Lipinski definition) is 2. The van der Waals surface area contributed by atoms with E-state index in [1.807, 2.05) is 62.1 Å². The molecular formula is C42H48N8O6S. The van der Waals surface area contributed by atoms with E-state index in [0.29, 0.717) is 41.5 Å². The van der Waals surface area contributed by atoms with Gasteiger partial charge in [0, 0.05) is 30.9 Å². The molecule has 3 aromatic carbocycles. The van der Waals surface area contributed by atoms with E-state index in [-0.39, 0.29) is 47.0 Å². The van der Waals surface area contributed by atoms with Gasteiger partial charge in [0.1, 0.15) is 17.4 Å². The number of carbonyl (C=O) groups is 2. The molecular weight excluding hydrogens is 745 g/mol. The highest BCUT2D eigenvalue weighted by molar-refractivity contribution is 7.88. The molecule has 2 amide bonds. The molecule has 1 aromatic heterocycles. The lowest BCUT2D eigenvalue weighted by Gasteiger charge is -2.39. The minimum Gasteiger partial charge on any atom is -0.459 e. The van der Waals surface area contributed by atoms with Crippen LogP contribution in [0, 0.1) is 38.2 Å². The zero-order chi connectivity index (χ0) is 40.8. The molecule has 2 N–H and O–H groups in total. The molecule has 57 heavy (non-hydrogen) atoms. The minimum atomic E-state index is -3.38. The van der Waals surface area contributed by atoms with Gasteiger partial charge in [-0.1, -0.05) is 57.2 Å². The maximum Gasteiger partial charge on any atom is 0.331 e. The van der Waals surface area contributed by atoms with Crippen LogP contribution in [0.1, 0.15) is 57.5 Å². The van der Waals surface area contributed by atoms with Crippen molar-refractivity contribution in [3.63, 3.8) is 0 Å². The highest BCUT2D eigenvalue weighted by atomic mass is 32.2. The Bertz CT molecular complexity index is 2410. The summed E-state index contributed by atoms with van der Waals surface area (Å²) < 4.78 is 40.8. The van der Waals surface area contributed by atoms with Crippen molar-refractivity contribution in [3.05, 3.63) is 101 Å². The number of carbonyl (C=O) groups excluding carboxylic acids is 2. The number of nitrogens with one attached hydrogen (secondary N) is 2. The predicted molar refractivity (Wildman–Crippen MR) is 219 cm³/mol. The summed E-state index contributed by atoms with van der Waals surface area (Å²) in [5.74, 6) is -1.72. The van der Waals surface area contributed by atoms with Gasteiger partial charge >= 0.3 is 17.8 Å². The number of aryl methyl sites for hydroxylation is 2. The number of sulfonamides is 1. The molecule has 3 unspecified atom stereocenters. The molecule has 1 aliphatic carbocycles. The summed E-state index contributed by atoms with van der Waals surface area (Å²) in [6, 6.07) is 19.3. The van der Waals surface area contributed by atoms with Gasteiger partial charge in [0.05, 0.1) is 24.2 Å². The first-order valence-corrected chi connectivity index (χ1v) is 21.1. The fourth-order valence-corrected chi connectivity index (χ4v) is 9.03. The summed E-state index contributed by atoms with van der Waals surface area (Å²) in [5, 5.41) is 7.96. The Morgan fingerprint density at radius 1 is 1.07 bits per heavy atom. The molecule has 3 heterocycles. The molecule has 1 fully saturated rings. The Balaban J connectivity index is 1.44. The molecule has 14 nitrogen and oxygen atoms in total. The van der Waals surface area contributed by atoms with E-state index < -0.39 is 34.0 Å². The lowest BCUT2D eigenvalue weighted by Crippen LogP contribution is -2.58. The zero-order valence-corrected chi connectivity index (χ0v) is 34.1. The van der Waals surface area contributed by atoms with Gasteiger partial charge < -0.3 is 19.7 Å². The van der Waals surface area contributed by atoms with E-state index in [2.05, 4.69) is 35.7 Å². The van der Waals surface area contributed by atoms with Gasteiger partial charge in [0.2, 0.25) is 10.0 Å². The van der Waals surface area contributed by atoms with E-state index in [1.54, 1.807) is 30.3 Å². The Labute approximate surface area is 333 Å². The number of urea groups is 1. The molecule has 15 heteroatoms. The van der Waals surface area contributed by atoms with Crippen molar-refractivity contribution in [1.82, 2.24) is 19.5 Å². The molecule has 0 saturated heterocycles. The zero-order valence-electron chi connectivity index (χ0n) is 33.2. The number of anilines is 3. The highest BCUT2D eigenvalue weighted by Gasteiger charge is 2.61. The monoisotopic (exact) mass is 792 g/mol. The summed E-state index contributed by atoms with van der Waals surface area (Å²) in [7, 11) is -3.38. The topological polar surface area (TPSA) is 152 Å². The Morgan fingerprint density at radius 3 is 2.44 bits per heavy atom. The van der Waals surface area contributed by atoms with Gasteiger partial charge in [0.15, 0.2) is 11.6 Å². The second kappa shape index (κ2) is 15.3. The number of ether oxygens (including phenoxy) is 2. The molecule has 7 rings (SSSR count). The molecule has 0 radical (unpaired) electrons. The maximum atomic E-state index is 14.9. The maximum absolute atomic E-state index is 14.9. The fraction of sp³-hybridized carbons (Fsp3) is 0.405. The van der Waals surface area contributed by atoms with Gasteiger partial charge in [-0.15, -0.1) is 5.10 Å². The van der Waals surface area contributed by atoms with Crippen LogP contribution in [0.25, 0.3) is 21.8 Å². The van der Waals surface area contributed by atoms with Crippen LogP contribution in [0.3, 0.4) is 0 Å². The second-order valence-electron chi connectivity index (χ2n) is 15.4. The number of aromatic nitrogens is 3. The van der Waals surface area contributed by atoms with Crippen molar-refractivity contribution in [1.29, 1.82) is 0 Å². The number of amides is 2. The minimum absolute atomic E-state index is 0.0377. The number of nitrogens with zero attached hydrogens (tertiary/aromatic N) is 6. The normalized spacial score (nSPS) is 22.9. The first-order valence-electron chi connectivity index (χ1n) is 19.2. The van der Waals surface area contributed by atoms with Crippen molar-refractivity contribution >= 4 is 44.7 Å². The smallest absolute Gasteiger partial charge is 0.331 e. The van der Waals surface area contributed by atoms with Gasteiger partial charge in [-0.2, -0.15) is 4.68 Å². The third kappa shape index (κ3) is 7.23. The van der Waals surface area contributed by atoms with Crippen LogP contribution in [-0.4, -0.2) is 67.2 Å². The summed E-state index contributed by atoms with van der Waals surface area (Å²) in [6.45, 7) is 22.0. The number of rotatable bonds is 10. The van der Waals surface area contributed by atoms with Crippen molar-refractivity contribution in [3.8, 4) is 17.1 Å². The molecule has 4 aromatic rings. The van der Waals surface area contributed by atoms with Gasteiger partial charge in [0.25, 0.3) is 5.70 Å². The van der Waals surface area contributed by atoms with Gasteiger partial charge in [-0.05, 0) is 92.8 Å². The molecule has 1 spiro atoms. The Kier molecular flexibility index (Phi) is 10.6. The Hall–Kier alpha value is -5.72. The SMILES string of the molecule is [C-]#[N+]C1=C(C(=O)OC2C(C)CC(C)CC2C)c2nc(-c3ccccc3C)nn2C12Oc1ccccc1NC(=O)N2c1ccc(N(CC)CCNS(C)(=O)=O)cc1C. The summed E-state index contributed by atoms with van der Waals surface area (Å²) in [4.78, 5) is 41.9. The lowest BCUT2D eigenvalue weighted by molar-refractivity contribution is -0.150. The number of para-hydroxylation sites is 2. The third-order valence-electron chi connectivity index (χ3n) is 11.1. The number of esters is 1. The van der Waals surface area contributed by atoms with E-state index in [0.717, 1.165) is 30.3 Å². The van der Waals surface area contributed by atoms with E-state index >= 15 is 0 Å². The van der Waals surface area contributed by atoms with Crippen LogP contribution in [0.2, 0.25) is 0 Å². The second-order valence-corrected chi connectivity index (χ2v) is 17.2. The molecule has 3 aliphatic rings. The van der Waals surface area contributed by atoms with E-state index in [9.17, 15) is 18.0 Å². The van der Waals surface area contributed by atoms with Crippen molar-refractivity contribution < 1.29 is 27.5 Å². The number of likely N-dealkylation sites (N-methyl/N-ethyl adjacent to an activating group) is 1. The molecule has 3 atom stereocenters. The predicted octanol–water partition coefficient (Wildman–Crippen LogP) is 6.94. The number of benzene rings is 3. The fourth-order valence-electron chi connectivity index (χ4n) is 8.57. The largest absolute Gasteiger partial charge is 0.459 e. The summed E-state index contributed by atoms with van der Waals surface area (Å²) in [5.41, 5.74) is 3.37. The lowest BCUT2D eigenvalue weighted by atomic mass is 9.75. The molecule has 2 aliphatic heterocycles. The number of hydrogen-bond acceptors (Lipinski definition) is 9. The molecule has 0 bridgehead atoms. The van der Waals surface area contributed by atoms with Crippen LogP contribution in [0.5, 0.6) is 5.75 Å². The first kappa shape index (κ1) is 39.5. The van der Waals surface area contributed by atoms with Crippen LogP contribution < -0.4 is 24.6 Å². The van der Waals surface area contributed by atoms with Crippen LogP contribution in [0.4, 0.5) is 21.9 Å². The standard InChI is InChI=1S/C42H48N8O6S/c1-9-48(21-20-44-57(8,53)54)30-18-19-33(27(4)24-30)49-41(52)45-32-16-12-13-17-34(32)56-42(49)37(43-7)35(40(51)55-36-28(5)22-25(2)23-29(36)6)39-46-38(47-50(39)42)31-15-11-10-14-26(31)3/h10-19,24-25,28-29,36,44H,9,20-23H2,1-6,8H3,(H,45,52). The van der Waals surface area contributed by atoms with Crippen molar-refractivity contribution in [2.24, 2.45) is 17.8 Å². The van der Waals surface area contributed by atoms with Crippen LogP contribution in [-0.2, 0) is 25.4 Å². The summed E-state index contributed by atoms with van der Waals surface area (Å²) >= 11 is 0. The highest BCUT2D eigenvalue weighted by Crippen LogP contribution is 2.51.